The molecule has 1 aliphatic heterocycles. The summed E-state index contributed by atoms with van der Waals surface area (Å²) < 4.78 is 40.4. The lowest BCUT2D eigenvalue weighted by Crippen LogP contribution is -2.51. The standard InChI is InChI=1S/C27H36N4O6S2/c1-18(2)15-31(39(34,35)21-9-10-22-25(14-21)38-26(28-3)29-22)16-24(32)23(13-19-7-5-4-6-8-19)30-27(33)37-20-11-12-36-17-20/h4-10,14,18,20,23-24,32H,11-13,15-17H2,1-3H3,(H,28,29)(H,30,33)/t20-,23-,24+/m0/s1. The Morgan fingerprint density at radius 1 is 1.23 bits per heavy atom. The minimum absolute atomic E-state index is 0.00266. The molecule has 1 saturated heterocycles. The second kappa shape index (κ2) is 13.1. The number of ether oxygens (including phenoxy) is 2. The molecule has 0 spiro atoms. The van der Waals surface area contributed by atoms with E-state index in [1.165, 1.54) is 21.7 Å². The third-order valence-electron chi connectivity index (χ3n) is 6.40. The van der Waals surface area contributed by atoms with Crippen molar-refractivity contribution in [2.75, 3.05) is 38.7 Å². The van der Waals surface area contributed by atoms with Crippen molar-refractivity contribution >= 4 is 42.8 Å². The highest BCUT2D eigenvalue weighted by Gasteiger charge is 2.32. The summed E-state index contributed by atoms with van der Waals surface area (Å²) >= 11 is 1.37. The van der Waals surface area contributed by atoms with E-state index in [4.69, 9.17) is 9.47 Å². The first-order chi connectivity index (χ1) is 18.7. The predicted molar refractivity (Wildman–Crippen MR) is 152 cm³/mol. The molecule has 0 unspecified atom stereocenters. The monoisotopic (exact) mass is 576 g/mol. The van der Waals surface area contributed by atoms with Crippen molar-refractivity contribution in [3.05, 3.63) is 54.1 Å². The number of amides is 1. The number of benzene rings is 2. The molecule has 212 valence electrons. The number of thiazole rings is 1. The molecule has 3 aromatic rings. The number of fused-ring (bicyclic) bond motifs is 1. The first kappa shape index (κ1) is 29.2. The number of rotatable bonds is 12. The van der Waals surface area contributed by atoms with Gasteiger partial charge in [-0.1, -0.05) is 55.5 Å². The van der Waals surface area contributed by atoms with Crippen molar-refractivity contribution in [2.45, 2.75) is 49.8 Å². The van der Waals surface area contributed by atoms with Crippen molar-refractivity contribution in [3.8, 4) is 0 Å². The van der Waals surface area contributed by atoms with E-state index in [2.05, 4.69) is 15.6 Å². The maximum Gasteiger partial charge on any atom is 0.407 e. The smallest absolute Gasteiger partial charge is 0.407 e. The maximum absolute atomic E-state index is 13.8. The lowest BCUT2D eigenvalue weighted by Gasteiger charge is -2.30. The molecule has 0 saturated carbocycles. The van der Waals surface area contributed by atoms with Gasteiger partial charge in [-0.15, -0.1) is 0 Å². The third-order valence-corrected chi connectivity index (χ3v) is 9.26. The molecule has 2 aromatic carbocycles. The molecule has 4 rings (SSSR count). The van der Waals surface area contributed by atoms with Crippen LogP contribution in [0.1, 0.15) is 25.8 Å². The van der Waals surface area contributed by atoms with Gasteiger partial charge in [-0.3, -0.25) is 0 Å². The number of sulfonamides is 1. The number of hydrogen-bond donors (Lipinski definition) is 3. The Bertz CT molecular complexity index is 1340. The molecule has 39 heavy (non-hydrogen) atoms. The average molecular weight is 577 g/mol. The van der Waals surface area contributed by atoms with Gasteiger partial charge in [0.1, 0.15) is 6.10 Å². The van der Waals surface area contributed by atoms with E-state index < -0.39 is 28.3 Å². The van der Waals surface area contributed by atoms with Gasteiger partial charge in [-0.2, -0.15) is 4.31 Å². The molecule has 10 nitrogen and oxygen atoms in total. The lowest BCUT2D eigenvalue weighted by atomic mass is 10.0. The quantitative estimate of drug-likeness (QED) is 0.299. The second-order valence-electron chi connectivity index (χ2n) is 10.0. The Labute approximate surface area is 233 Å². The zero-order chi connectivity index (χ0) is 28.0. The van der Waals surface area contributed by atoms with Gasteiger partial charge in [0.25, 0.3) is 0 Å². The first-order valence-corrected chi connectivity index (χ1v) is 15.3. The maximum atomic E-state index is 13.8. The van der Waals surface area contributed by atoms with E-state index in [0.29, 0.717) is 36.7 Å². The number of nitrogens with one attached hydrogen (secondary N) is 2. The van der Waals surface area contributed by atoms with Crippen molar-refractivity contribution < 1.29 is 27.8 Å². The molecule has 1 amide bonds. The van der Waals surface area contributed by atoms with E-state index in [1.807, 2.05) is 44.2 Å². The fourth-order valence-electron chi connectivity index (χ4n) is 4.43. The number of hydrogen-bond acceptors (Lipinski definition) is 9. The minimum Gasteiger partial charge on any atom is -0.444 e. The number of aromatic nitrogens is 1. The molecule has 1 fully saturated rings. The van der Waals surface area contributed by atoms with Crippen LogP contribution in [-0.2, 0) is 25.9 Å². The highest BCUT2D eigenvalue weighted by Crippen LogP contribution is 2.29. The molecule has 1 aliphatic rings. The van der Waals surface area contributed by atoms with Crippen LogP contribution in [0.25, 0.3) is 10.2 Å². The van der Waals surface area contributed by atoms with Crippen LogP contribution in [-0.4, -0.2) is 80.5 Å². The van der Waals surface area contributed by atoms with E-state index in [-0.39, 0.29) is 30.0 Å². The fraction of sp³-hybridized carbons (Fsp3) is 0.481. The van der Waals surface area contributed by atoms with Gasteiger partial charge >= 0.3 is 6.09 Å². The largest absolute Gasteiger partial charge is 0.444 e. The van der Waals surface area contributed by atoms with Gasteiger partial charge in [0, 0.05) is 26.6 Å². The average Bonchev–Trinajstić information content (AvgIpc) is 3.57. The Morgan fingerprint density at radius 3 is 2.67 bits per heavy atom. The topological polar surface area (TPSA) is 130 Å². The van der Waals surface area contributed by atoms with Crippen LogP contribution < -0.4 is 10.6 Å². The van der Waals surface area contributed by atoms with Crippen molar-refractivity contribution in [1.29, 1.82) is 0 Å². The highest BCUT2D eigenvalue weighted by molar-refractivity contribution is 7.89. The summed E-state index contributed by atoms with van der Waals surface area (Å²) in [5.41, 5.74) is 1.59. The number of carbonyl (C=O) groups excluding carboxylic acids is 1. The van der Waals surface area contributed by atoms with Crippen LogP contribution in [0.15, 0.2) is 53.4 Å². The van der Waals surface area contributed by atoms with E-state index in [9.17, 15) is 18.3 Å². The van der Waals surface area contributed by atoms with Crippen molar-refractivity contribution in [1.82, 2.24) is 14.6 Å². The molecular formula is C27H36N4O6S2. The van der Waals surface area contributed by atoms with Gasteiger partial charge < -0.3 is 25.2 Å². The molecule has 3 atom stereocenters. The highest BCUT2D eigenvalue weighted by atomic mass is 32.2. The number of carbonyl (C=O) groups is 1. The SMILES string of the molecule is CNc1nc2ccc(S(=O)(=O)N(CC(C)C)C[C@@H](O)[C@H](Cc3ccccc3)NC(=O)O[C@H]3CCOC3)cc2s1. The van der Waals surface area contributed by atoms with Gasteiger partial charge in [0.15, 0.2) is 5.13 Å². The predicted octanol–water partition coefficient (Wildman–Crippen LogP) is 3.47. The summed E-state index contributed by atoms with van der Waals surface area (Å²) in [6, 6.07) is 13.5. The van der Waals surface area contributed by atoms with Crippen LogP contribution in [0.4, 0.5) is 9.93 Å². The summed E-state index contributed by atoms with van der Waals surface area (Å²) in [5.74, 6) is 0.00266. The molecule has 0 bridgehead atoms. The minimum atomic E-state index is -3.96. The molecule has 0 aliphatic carbocycles. The van der Waals surface area contributed by atoms with E-state index in [1.54, 1.807) is 19.2 Å². The summed E-state index contributed by atoms with van der Waals surface area (Å²) in [5, 5.41) is 17.8. The van der Waals surface area contributed by atoms with Crippen molar-refractivity contribution in [3.63, 3.8) is 0 Å². The summed E-state index contributed by atoms with van der Waals surface area (Å²) in [6.45, 7) is 4.69. The van der Waals surface area contributed by atoms with Crippen molar-refractivity contribution in [2.24, 2.45) is 5.92 Å². The number of anilines is 1. The van der Waals surface area contributed by atoms with Crippen LogP contribution in [0.2, 0.25) is 0 Å². The van der Waals surface area contributed by atoms with E-state index in [0.717, 1.165) is 10.3 Å². The van der Waals surface area contributed by atoms with Gasteiger partial charge in [0.2, 0.25) is 10.0 Å². The zero-order valence-electron chi connectivity index (χ0n) is 22.4. The molecule has 1 aromatic heterocycles. The number of nitrogens with zero attached hydrogens (tertiary/aromatic N) is 2. The summed E-state index contributed by atoms with van der Waals surface area (Å²) in [4.78, 5) is 17.2. The third kappa shape index (κ3) is 7.67. The Kier molecular flexibility index (Phi) is 9.78. The molecule has 12 heteroatoms. The number of alkyl carbamates (subject to hydrolysis) is 1. The van der Waals surface area contributed by atoms with E-state index >= 15 is 0 Å². The van der Waals surface area contributed by atoms with Crippen LogP contribution in [0, 0.1) is 5.92 Å². The normalized spacial score (nSPS) is 17.4. The Hall–Kier alpha value is -2.77. The molecule has 0 radical (unpaired) electrons. The Morgan fingerprint density at radius 2 is 2.00 bits per heavy atom. The van der Waals surface area contributed by atoms with Crippen LogP contribution in [0.3, 0.4) is 0 Å². The molecule has 3 N–H and O–H groups in total. The van der Waals surface area contributed by atoms with Crippen LogP contribution in [0.5, 0.6) is 0 Å². The second-order valence-corrected chi connectivity index (χ2v) is 13.0. The fourth-order valence-corrected chi connectivity index (χ4v) is 7.01. The lowest BCUT2D eigenvalue weighted by molar-refractivity contribution is 0.0644. The first-order valence-electron chi connectivity index (χ1n) is 13.0. The molecular weight excluding hydrogens is 540 g/mol. The molecule has 2 heterocycles. The van der Waals surface area contributed by atoms with Crippen LogP contribution >= 0.6 is 11.3 Å². The number of aliphatic hydroxyl groups excluding tert-OH is 1. The Balaban J connectivity index is 1.56. The van der Waals surface area contributed by atoms with Gasteiger partial charge in [-0.25, -0.2) is 18.2 Å². The summed E-state index contributed by atoms with van der Waals surface area (Å²) in [6.07, 6.45) is -1.30. The summed E-state index contributed by atoms with van der Waals surface area (Å²) in [7, 11) is -2.20. The number of aliphatic hydroxyl groups is 1. The van der Waals surface area contributed by atoms with Gasteiger partial charge in [0.05, 0.1) is 40.5 Å². The zero-order valence-corrected chi connectivity index (χ0v) is 24.0. The van der Waals surface area contributed by atoms with Gasteiger partial charge in [-0.05, 0) is 36.1 Å².